The van der Waals surface area contributed by atoms with Crippen LogP contribution in [0.4, 0.5) is 0 Å². The topological polar surface area (TPSA) is 46.3 Å². The second-order valence-electron chi connectivity index (χ2n) is 6.99. The molecule has 2 rings (SSSR count). The molecule has 3 nitrogen and oxygen atoms in total. The van der Waals surface area contributed by atoms with E-state index in [2.05, 4.69) is 52.0 Å². The SMILES string of the molecule is CCc1ccccc1C1C(N)CCCC(=O)N1C(C)(C)C. The summed E-state index contributed by atoms with van der Waals surface area (Å²) in [5.74, 6) is 0.228. The molecule has 116 valence electrons. The van der Waals surface area contributed by atoms with Crippen molar-refractivity contribution in [2.24, 2.45) is 5.73 Å². The Morgan fingerprint density at radius 3 is 2.57 bits per heavy atom. The van der Waals surface area contributed by atoms with Gasteiger partial charge in [0.15, 0.2) is 0 Å². The number of benzene rings is 1. The van der Waals surface area contributed by atoms with Gasteiger partial charge in [0.05, 0.1) is 6.04 Å². The minimum atomic E-state index is -0.218. The summed E-state index contributed by atoms with van der Waals surface area (Å²) in [4.78, 5) is 14.7. The number of nitrogens with two attached hydrogens (primary N) is 1. The predicted molar refractivity (Wildman–Crippen MR) is 87.0 cm³/mol. The first-order valence-corrected chi connectivity index (χ1v) is 8.01. The highest BCUT2D eigenvalue weighted by Gasteiger charge is 2.39. The highest BCUT2D eigenvalue weighted by Crippen LogP contribution is 2.36. The molecule has 2 N–H and O–H groups in total. The van der Waals surface area contributed by atoms with Gasteiger partial charge in [-0.3, -0.25) is 4.79 Å². The molecule has 1 fully saturated rings. The Morgan fingerprint density at radius 2 is 1.95 bits per heavy atom. The van der Waals surface area contributed by atoms with Crippen molar-refractivity contribution in [3.63, 3.8) is 0 Å². The quantitative estimate of drug-likeness (QED) is 0.906. The third-order valence-corrected chi connectivity index (χ3v) is 4.36. The maximum atomic E-state index is 12.7. The lowest BCUT2D eigenvalue weighted by Gasteiger charge is -2.43. The fourth-order valence-corrected chi connectivity index (χ4v) is 3.42. The predicted octanol–water partition coefficient (Wildman–Crippen LogP) is 3.43. The fourth-order valence-electron chi connectivity index (χ4n) is 3.42. The summed E-state index contributed by atoms with van der Waals surface area (Å²) in [5.41, 5.74) is 8.79. The lowest BCUT2D eigenvalue weighted by atomic mass is 9.89. The van der Waals surface area contributed by atoms with Crippen LogP contribution in [0.25, 0.3) is 0 Å². The van der Waals surface area contributed by atoms with Crippen LogP contribution in [0.1, 0.15) is 64.1 Å². The third kappa shape index (κ3) is 3.29. The van der Waals surface area contributed by atoms with Crippen LogP contribution >= 0.6 is 0 Å². The van der Waals surface area contributed by atoms with Gasteiger partial charge in [0.1, 0.15) is 0 Å². The third-order valence-electron chi connectivity index (χ3n) is 4.36. The van der Waals surface area contributed by atoms with Gasteiger partial charge >= 0.3 is 0 Å². The van der Waals surface area contributed by atoms with Crippen LogP contribution in [-0.4, -0.2) is 22.4 Å². The summed E-state index contributed by atoms with van der Waals surface area (Å²) in [6, 6.07) is 8.39. The Morgan fingerprint density at radius 1 is 1.29 bits per heavy atom. The minimum Gasteiger partial charge on any atom is -0.329 e. The number of carbonyl (C=O) groups excluding carboxylic acids is 1. The number of likely N-dealkylation sites (tertiary alicyclic amines) is 1. The number of carbonyl (C=O) groups is 1. The molecule has 1 heterocycles. The molecule has 1 aromatic carbocycles. The molecule has 0 radical (unpaired) electrons. The molecular weight excluding hydrogens is 260 g/mol. The average Bonchev–Trinajstić information content (AvgIpc) is 2.57. The van der Waals surface area contributed by atoms with Crippen LogP contribution < -0.4 is 5.73 Å². The maximum Gasteiger partial charge on any atom is 0.223 e. The summed E-state index contributed by atoms with van der Waals surface area (Å²) >= 11 is 0. The minimum absolute atomic E-state index is 0.00312. The molecule has 0 aliphatic carbocycles. The summed E-state index contributed by atoms with van der Waals surface area (Å²) in [7, 11) is 0. The van der Waals surface area contributed by atoms with Gasteiger partial charge in [-0.05, 0) is 51.2 Å². The van der Waals surface area contributed by atoms with Gasteiger partial charge in [0.25, 0.3) is 0 Å². The van der Waals surface area contributed by atoms with Crippen LogP contribution in [-0.2, 0) is 11.2 Å². The Kier molecular flexibility index (Phi) is 4.72. The second kappa shape index (κ2) is 6.18. The van der Waals surface area contributed by atoms with Crippen molar-refractivity contribution in [3.8, 4) is 0 Å². The molecule has 1 aliphatic heterocycles. The van der Waals surface area contributed by atoms with Crippen molar-refractivity contribution >= 4 is 5.91 Å². The summed E-state index contributed by atoms with van der Waals surface area (Å²) in [6.07, 6.45) is 3.36. The molecule has 0 aromatic heterocycles. The molecule has 3 heteroatoms. The van der Waals surface area contributed by atoms with Crippen molar-refractivity contribution in [2.75, 3.05) is 0 Å². The molecule has 0 spiro atoms. The average molecular weight is 288 g/mol. The second-order valence-corrected chi connectivity index (χ2v) is 6.99. The van der Waals surface area contributed by atoms with E-state index in [1.807, 2.05) is 4.90 Å². The van der Waals surface area contributed by atoms with E-state index in [9.17, 15) is 4.79 Å². The van der Waals surface area contributed by atoms with E-state index in [1.165, 1.54) is 11.1 Å². The van der Waals surface area contributed by atoms with Gasteiger partial charge in [-0.1, -0.05) is 31.2 Å². The van der Waals surface area contributed by atoms with E-state index in [0.717, 1.165) is 19.3 Å². The highest BCUT2D eigenvalue weighted by atomic mass is 16.2. The van der Waals surface area contributed by atoms with Crippen molar-refractivity contribution < 1.29 is 4.79 Å². The number of nitrogens with zero attached hydrogens (tertiary/aromatic N) is 1. The largest absolute Gasteiger partial charge is 0.329 e. The maximum absolute atomic E-state index is 12.7. The lowest BCUT2D eigenvalue weighted by molar-refractivity contribution is -0.139. The van der Waals surface area contributed by atoms with Gasteiger partial charge in [-0.15, -0.1) is 0 Å². The van der Waals surface area contributed by atoms with Crippen LogP contribution in [0.2, 0.25) is 0 Å². The molecule has 1 saturated heterocycles. The molecule has 21 heavy (non-hydrogen) atoms. The summed E-state index contributed by atoms with van der Waals surface area (Å²) in [5, 5.41) is 0. The smallest absolute Gasteiger partial charge is 0.223 e. The van der Waals surface area contributed by atoms with Crippen molar-refractivity contribution in [1.82, 2.24) is 4.90 Å². The van der Waals surface area contributed by atoms with E-state index < -0.39 is 0 Å². The Balaban J connectivity index is 2.55. The van der Waals surface area contributed by atoms with E-state index in [-0.39, 0.29) is 23.5 Å². The van der Waals surface area contributed by atoms with Crippen LogP contribution in [0.5, 0.6) is 0 Å². The number of hydrogen-bond acceptors (Lipinski definition) is 2. The zero-order valence-corrected chi connectivity index (χ0v) is 13.7. The van der Waals surface area contributed by atoms with Crippen LogP contribution in [0.3, 0.4) is 0 Å². The summed E-state index contributed by atoms with van der Waals surface area (Å²) in [6.45, 7) is 8.46. The van der Waals surface area contributed by atoms with Gasteiger partial charge < -0.3 is 10.6 Å². The molecule has 1 aromatic rings. The lowest BCUT2D eigenvalue weighted by Crippen LogP contribution is -2.51. The number of amides is 1. The Bertz CT molecular complexity index is 504. The highest BCUT2D eigenvalue weighted by molar-refractivity contribution is 5.78. The monoisotopic (exact) mass is 288 g/mol. The van der Waals surface area contributed by atoms with Gasteiger partial charge in [0.2, 0.25) is 5.91 Å². The van der Waals surface area contributed by atoms with Crippen LogP contribution in [0.15, 0.2) is 24.3 Å². The molecule has 1 aliphatic rings. The standard InChI is InChI=1S/C18H28N2O/c1-5-13-9-6-7-10-14(13)17-15(19)11-8-12-16(21)20(17)18(2,3)4/h6-7,9-10,15,17H,5,8,11-12,19H2,1-4H3. The van der Waals surface area contributed by atoms with E-state index >= 15 is 0 Å². The van der Waals surface area contributed by atoms with Crippen molar-refractivity contribution in [3.05, 3.63) is 35.4 Å². The van der Waals surface area contributed by atoms with Crippen molar-refractivity contribution in [1.29, 1.82) is 0 Å². The van der Waals surface area contributed by atoms with Gasteiger partial charge in [-0.25, -0.2) is 0 Å². The number of rotatable bonds is 2. The van der Waals surface area contributed by atoms with E-state index in [1.54, 1.807) is 0 Å². The summed E-state index contributed by atoms with van der Waals surface area (Å²) < 4.78 is 0. The molecule has 0 bridgehead atoms. The Hall–Kier alpha value is -1.35. The van der Waals surface area contributed by atoms with Gasteiger partial charge in [-0.2, -0.15) is 0 Å². The van der Waals surface area contributed by atoms with E-state index in [0.29, 0.717) is 6.42 Å². The fraction of sp³-hybridized carbons (Fsp3) is 0.611. The van der Waals surface area contributed by atoms with Crippen LogP contribution in [0, 0.1) is 0 Å². The first-order valence-electron chi connectivity index (χ1n) is 8.01. The molecule has 2 unspecified atom stereocenters. The zero-order valence-electron chi connectivity index (χ0n) is 13.7. The first-order chi connectivity index (χ1) is 9.86. The van der Waals surface area contributed by atoms with Crippen molar-refractivity contribution in [2.45, 2.75) is 71.0 Å². The first kappa shape index (κ1) is 16.0. The number of aryl methyl sites for hydroxylation is 1. The number of hydrogen-bond donors (Lipinski definition) is 1. The zero-order chi connectivity index (χ0) is 15.6. The van der Waals surface area contributed by atoms with E-state index in [4.69, 9.17) is 5.73 Å². The van der Waals surface area contributed by atoms with Gasteiger partial charge in [0, 0.05) is 18.0 Å². The molecule has 1 amide bonds. The Labute approximate surface area is 128 Å². The molecule has 0 saturated carbocycles. The molecule has 2 atom stereocenters. The molecular formula is C18H28N2O. The normalized spacial score (nSPS) is 24.0.